The number of benzene rings is 2. The molecule has 0 aromatic heterocycles. The molecule has 2 N–H and O–H groups in total. The van der Waals surface area contributed by atoms with Crippen LogP contribution in [0, 0.1) is 11.3 Å². The van der Waals surface area contributed by atoms with E-state index in [4.69, 9.17) is 28.0 Å². The molecular weight excluding hydrogens is 627 g/mol. The molecule has 39 heavy (non-hydrogen) atoms. The quantitative estimate of drug-likeness (QED) is 0.232. The highest BCUT2D eigenvalue weighted by Gasteiger charge is 2.56. The van der Waals surface area contributed by atoms with Crippen molar-refractivity contribution in [3.05, 3.63) is 61.5 Å². The van der Waals surface area contributed by atoms with Crippen molar-refractivity contribution in [3.63, 3.8) is 0 Å². The van der Waals surface area contributed by atoms with Gasteiger partial charge in [0.25, 0.3) is 0 Å². The SMILES string of the molecule is CC(C)c1cc2c(cc1Br)[C@@]1(C)CCC[C@@](C)(C(=O)O)[C@@H]1C/C2=N\OCCNS(=O)(=O)c1ccc(Cl)cc1Cl. The van der Waals surface area contributed by atoms with Gasteiger partial charge in [-0.1, -0.05) is 71.5 Å². The van der Waals surface area contributed by atoms with Crippen LogP contribution < -0.4 is 4.72 Å². The van der Waals surface area contributed by atoms with Crippen LogP contribution >= 0.6 is 39.1 Å². The van der Waals surface area contributed by atoms with Crippen molar-refractivity contribution < 1.29 is 23.2 Å². The molecule has 1 saturated carbocycles. The highest BCUT2D eigenvalue weighted by atomic mass is 79.9. The molecule has 2 aromatic carbocycles. The van der Waals surface area contributed by atoms with Crippen molar-refractivity contribution in [2.45, 2.75) is 69.6 Å². The van der Waals surface area contributed by atoms with Crippen LogP contribution in [0.2, 0.25) is 10.0 Å². The minimum absolute atomic E-state index is 0.0189. The maximum atomic E-state index is 12.7. The maximum absolute atomic E-state index is 12.7. The second-order valence-electron chi connectivity index (χ2n) is 11.2. The van der Waals surface area contributed by atoms with Gasteiger partial charge in [0.15, 0.2) is 0 Å². The molecule has 0 aliphatic heterocycles. The Labute approximate surface area is 248 Å². The number of aliphatic carboxylic acids is 1. The van der Waals surface area contributed by atoms with Gasteiger partial charge in [0, 0.05) is 21.6 Å². The van der Waals surface area contributed by atoms with Crippen LogP contribution in [0.25, 0.3) is 0 Å². The third kappa shape index (κ3) is 5.75. The van der Waals surface area contributed by atoms with Crippen LogP contribution in [-0.2, 0) is 25.1 Å². The van der Waals surface area contributed by atoms with E-state index >= 15 is 0 Å². The first kappa shape index (κ1) is 30.3. The van der Waals surface area contributed by atoms with Crippen molar-refractivity contribution in [1.82, 2.24) is 4.72 Å². The summed E-state index contributed by atoms with van der Waals surface area (Å²) in [7, 11) is -3.87. The number of carboxylic acids is 1. The standard InChI is InChI=1S/C28H33BrCl2N2O5S/c1-16(2)18-13-19-20(14-21(18)29)27(3)8-5-9-28(4,26(34)35)25(27)15-23(19)33-38-11-10-32-39(36,37)24-7-6-17(30)12-22(24)31/h6-7,12-14,16,25,32H,5,8-11,15H2,1-4H3,(H,34,35)/b33-23+/t25-,27-,28-/m1/s1. The smallest absolute Gasteiger partial charge is 0.309 e. The van der Waals surface area contributed by atoms with Crippen molar-refractivity contribution in [2.75, 3.05) is 13.2 Å². The molecular formula is C28H33BrCl2N2O5S. The second kappa shape index (κ2) is 11.3. The van der Waals surface area contributed by atoms with E-state index in [2.05, 4.69) is 58.7 Å². The Kier molecular flexibility index (Phi) is 8.80. The van der Waals surface area contributed by atoms with Gasteiger partial charge in [-0.15, -0.1) is 0 Å². The van der Waals surface area contributed by atoms with Crippen LogP contribution in [0.1, 0.15) is 76.0 Å². The lowest BCUT2D eigenvalue weighted by Crippen LogP contribution is -2.53. The lowest BCUT2D eigenvalue weighted by Gasteiger charge is -2.53. The average Bonchev–Trinajstić information content (AvgIpc) is 2.84. The molecule has 4 rings (SSSR count). The number of carboxylic acid groups (broad SMARTS) is 1. The van der Waals surface area contributed by atoms with E-state index < -0.39 is 21.4 Å². The zero-order valence-corrected chi connectivity index (χ0v) is 26.3. The molecule has 0 radical (unpaired) electrons. The molecule has 2 aliphatic carbocycles. The van der Waals surface area contributed by atoms with Gasteiger partial charge < -0.3 is 9.94 Å². The predicted molar refractivity (Wildman–Crippen MR) is 157 cm³/mol. The summed E-state index contributed by atoms with van der Waals surface area (Å²) in [6, 6.07) is 8.43. The highest BCUT2D eigenvalue weighted by molar-refractivity contribution is 9.10. The largest absolute Gasteiger partial charge is 0.481 e. The molecule has 0 spiro atoms. The monoisotopic (exact) mass is 658 g/mol. The van der Waals surface area contributed by atoms with Crippen molar-refractivity contribution in [3.8, 4) is 0 Å². The third-order valence-electron chi connectivity index (χ3n) is 8.35. The Balaban J connectivity index is 1.61. The number of nitrogens with zero attached hydrogens (tertiary/aromatic N) is 1. The molecule has 7 nitrogen and oxygen atoms in total. The lowest BCUT2D eigenvalue weighted by atomic mass is 9.49. The molecule has 2 aliphatic rings. The lowest BCUT2D eigenvalue weighted by molar-refractivity contribution is -0.156. The Hall–Kier alpha value is -1.65. The van der Waals surface area contributed by atoms with Gasteiger partial charge in [-0.25, -0.2) is 13.1 Å². The molecule has 1 fully saturated rings. The summed E-state index contributed by atoms with van der Waals surface area (Å²) in [5.41, 5.74) is 2.62. The van der Waals surface area contributed by atoms with Gasteiger partial charge in [0.2, 0.25) is 10.0 Å². The Bertz CT molecular complexity index is 1430. The minimum atomic E-state index is -3.87. The number of nitrogens with one attached hydrogen (secondary N) is 1. The Morgan fingerprint density at radius 3 is 2.59 bits per heavy atom. The first-order valence-electron chi connectivity index (χ1n) is 12.9. The molecule has 3 atom stereocenters. The van der Waals surface area contributed by atoms with Crippen LogP contribution in [0.3, 0.4) is 0 Å². The number of halogens is 3. The van der Waals surface area contributed by atoms with Crippen LogP contribution in [-0.4, -0.2) is 38.4 Å². The normalized spacial score (nSPS) is 25.8. The summed E-state index contributed by atoms with van der Waals surface area (Å²) in [4.78, 5) is 18.1. The topological polar surface area (TPSA) is 105 Å². The number of fused-ring (bicyclic) bond motifs is 3. The maximum Gasteiger partial charge on any atom is 0.309 e. The summed E-state index contributed by atoms with van der Waals surface area (Å²) >= 11 is 15.7. The van der Waals surface area contributed by atoms with Gasteiger partial charge in [0.05, 0.1) is 16.1 Å². The second-order valence-corrected chi connectivity index (χ2v) is 14.6. The van der Waals surface area contributed by atoms with E-state index in [1.807, 2.05) is 6.92 Å². The summed E-state index contributed by atoms with van der Waals surface area (Å²) in [6.07, 6.45) is 2.79. The zero-order chi connectivity index (χ0) is 28.8. The predicted octanol–water partition coefficient (Wildman–Crippen LogP) is 7.13. The van der Waals surface area contributed by atoms with Crippen molar-refractivity contribution in [1.29, 1.82) is 0 Å². The van der Waals surface area contributed by atoms with Gasteiger partial charge >= 0.3 is 5.97 Å². The molecule has 11 heteroatoms. The number of oxime groups is 1. The summed E-state index contributed by atoms with van der Waals surface area (Å²) < 4.78 is 28.8. The van der Waals surface area contributed by atoms with E-state index in [-0.39, 0.29) is 40.3 Å². The first-order chi connectivity index (χ1) is 18.2. The van der Waals surface area contributed by atoms with Gasteiger partial charge in [0.1, 0.15) is 11.5 Å². The molecule has 0 amide bonds. The average molecular weight is 660 g/mol. The van der Waals surface area contributed by atoms with Crippen molar-refractivity contribution >= 4 is 60.8 Å². The van der Waals surface area contributed by atoms with Crippen LogP contribution in [0.15, 0.2) is 44.9 Å². The zero-order valence-electron chi connectivity index (χ0n) is 22.4. The molecule has 0 saturated heterocycles. The first-order valence-corrected chi connectivity index (χ1v) is 15.9. The molecule has 2 aromatic rings. The van der Waals surface area contributed by atoms with E-state index in [0.717, 1.165) is 34.0 Å². The minimum Gasteiger partial charge on any atom is -0.481 e. The number of hydrogen-bond donors (Lipinski definition) is 2. The molecule has 0 unspecified atom stereocenters. The van der Waals surface area contributed by atoms with E-state index in [1.54, 1.807) is 0 Å². The highest BCUT2D eigenvalue weighted by Crippen LogP contribution is 2.58. The Morgan fingerprint density at radius 1 is 1.23 bits per heavy atom. The Morgan fingerprint density at radius 2 is 1.95 bits per heavy atom. The number of rotatable bonds is 8. The third-order valence-corrected chi connectivity index (χ3v) is 11.2. The van der Waals surface area contributed by atoms with Crippen LogP contribution in [0.5, 0.6) is 0 Å². The fourth-order valence-electron chi connectivity index (χ4n) is 6.15. The summed E-state index contributed by atoms with van der Waals surface area (Å²) in [6.45, 7) is 8.20. The molecule has 0 heterocycles. The number of sulfonamides is 1. The van der Waals surface area contributed by atoms with Gasteiger partial charge in [-0.05, 0) is 84.9 Å². The number of carbonyl (C=O) groups is 1. The fraction of sp³-hybridized carbons (Fsp3) is 0.500. The number of hydrogen-bond acceptors (Lipinski definition) is 5. The molecule has 0 bridgehead atoms. The van der Waals surface area contributed by atoms with Gasteiger partial charge in [-0.3, -0.25) is 4.79 Å². The summed E-state index contributed by atoms with van der Waals surface area (Å²) in [5.74, 6) is -0.703. The van der Waals surface area contributed by atoms with E-state index in [9.17, 15) is 18.3 Å². The van der Waals surface area contributed by atoms with Gasteiger partial charge in [-0.2, -0.15) is 0 Å². The van der Waals surface area contributed by atoms with Crippen LogP contribution in [0.4, 0.5) is 0 Å². The van der Waals surface area contributed by atoms with E-state index in [1.165, 1.54) is 18.2 Å². The summed E-state index contributed by atoms with van der Waals surface area (Å²) in [5, 5.41) is 15.1. The molecule has 212 valence electrons. The fourth-order valence-corrected chi connectivity index (χ4v) is 8.74. The van der Waals surface area contributed by atoms with E-state index in [0.29, 0.717) is 23.6 Å². The van der Waals surface area contributed by atoms with Crippen molar-refractivity contribution in [2.24, 2.45) is 16.5 Å².